The Hall–Kier alpha value is -4.42. The Morgan fingerprint density at radius 2 is 1.59 bits per heavy atom. The van der Waals surface area contributed by atoms with E-state index in [1.807, 2.05) is 18.3 Å². The lowest BCUT2D eigenvalue weighted by Gasteiger charge is -2.38. The minimum atomic E-state index is -1.36. The number of anilines is 3. The first kappa shape index (κ1) is 26.8. The average Bonchev–Trinajstić information content (AvgIpc) is 3.00. The van der Waals surface area contributed by atoms with Crippen LogP contribution in [0.2, 0.25) is 0 Å². The first-order chi connectivity index (χ1) is 19.8. The molecule has 2 fully saturated rings. The number of amides is 1. The van der Waals surface area contributed by atoms with Gasteiger partial charge in [-0.3, -0.25) is 9.78 Å². The van der Waals surface area contributed by atoms with Gasteiger partial charge in [-0.15, -0.1) is 0 Å². The highest BCUT2D eigenvalue weighted by molar-refractivity contribution is 5.90. The molecule has 41 heavy (non-hydrogen) atoms. The zero-order chi connectivity index (χ0) is 28.6. The van der Waals surface area contributed by atoms with Gasteiger partial charge in [0.15, 0.2) is 11.6 Å². The number of benzene rings is 1. The fraction of sp³-hybridized carbons (Fsp3) is 0.379. The predicted molar refractivity (Wildman–Crippen MR) is 156 cm³/mol. The van der Waals surface area contributed by atoms with Crippen molar-refractivity contribution in [1.82, 2.24) is 29.8 Å². The monoisotopic (exact) mass is 555 g/mol. The Bertz CT molecular complexity index is 1560. The average molecular weight is 556 g/mol. The summed E-state index contributed by atoms with van der Waals surface area (Å²) < 4.78 is 5.56. The van der Waals surface area contributed by atoms with Crippen LogP contribution in [0.1, 0.15) is 13.8 Å². The highest BCUT2D eigenvalue weighted by Gasteiger charge is 2.31. The molecule has 1 aromatic carbocycles. The number of hydrogen-bond donors (Lipinski definition) is 2. The fourth-order valence-electron chi connectivity index (χ4n) is 5.18. The van der Waals surface area contributed by atoms with Gasteiger partial charge in [-0.05, 0) is 37.6 Å². The molecular weight excluding hydrogens is 522 g/mol. The van der Waals surface area contributed by atoms with Gasteiger partial charge in [-0.2, -0.15) is 0 Å². The third-order valence-corrected chi connectivity index (χ3v) is 7.39. The lowest BCUT2D eigenvalue weighted by Crippen LogP contribution is -2.54. The maximum atomic E-state index is 12.5. The lowest BCUT2D eigenvalue weighted by molar-refractivity contribution is -0.148. The molecule has 12 heteroatoms. The molecule has 3 aromatic heterocycles. The second-order valence-corrected chi connectivity index (χ2v) is 10.8. The maximum absolute atomic E-state index is 12.5. The molecule has 12 nitrogen and oxygen atoms in total. The molecule has 2 saturated heterocycles. The molecule has 2 aliphatic heterocycles. The van der Waals surface area contributed by atoms with Crippen molar-refractivity contribution in [3.63, 3.8) is 0 Å². The van der Waals surface area contributed by atoms with Crippen molar-refractivity contribution in [2.24, 2.45) is 0 Å². The molecule has 0 radical (unpaired) electrons. The zero-order valence-corrected chi connectivity index (χ0v) is 23.2. The number of carbonyl (C=O) groups is 1. The summed E-state index contributed by atoms with van der Waals surface area (Å²) in [5, 5.41) is 10.1. The van der Waals surface area contributed by atoms with Crippen molar-refractivity contribution in [2.45, 2.75) is 19.4 Å². The number of ether oxygens (including phenoxy) is 1. The van der Waals surface area contributed by atoms with Crippen LogP contribution in [-0.2, 0) is 9.53 Å². The van der Waals surface area contributed by atoms with E-state index >= 15 is 0 Å². The molecule has 212 valence electrons. The van der Waals surface area contributed by atoms with Crippen LogP contribution in [-0.4, -0.2) is 98.9 Å². The summed E-state index contributed by atoms with van der Waals surface area (Å²) in [6.45, 7) is 8.22. The van der Waals surface area contributed by atoms with Crippen LogP contribution in [0.15, 0.2) is 48.9 Å². The van der Waals surface area contributed by atoms with Gasteiger partial charge < -0.3 is 30.3 Å². The molecule has 0 aliphatic carbocycles. The number of rotatable bonds is 5. The molecular formula is C29H33N9O3. The first-order valence-electron chi connectivity index (χ1n) is 13.7. The highest BCUT2D eigenvalue weighted by Crippen LogP contribution is 2.31. The first-order valence-corrected chi connectivity index (χ1v) is 13.7. The summed E-state index contributed by atoms with van der Waals surface area (Å²) >= 11 is 0. The van der Waals surface area contributed by atoms with Crippen LogP contribution in [0.3, 0.4) is 0 Å². The van der Waals surface area contributed by atoms with Gasteiger partial charge in [0.2, 0.25) is 5.95 Å². The van der Waals surface area contributed by atoms with E-state index in [-0.39, 0.29) is 11.9 Å². The molecule has 0 unspecified atom stereocenters. The Balaban J connectivity index is 1.32. The van der Waals surface area contributed by atoms with Crippen LogP contribution in [0, 0.1) is 0 Å². The van der Waals surface area contributed by atoms with Crippen molar-refractivity contribution >= 4 is 34.4 Å². The smallest absolute Gasteiger partial charge is 0.254 e. The number of nitrogen functional groups attached to an aromatic ring is 1. The summed E-state index contributed by atoms with van der Waals surface area (Å²) in [4.78, 5) is 41.4. The third kappa shape index (κ3) is 5.61. The summed E-state index contributed by atoms with van der Waals surface area (Å²) in [6, 6.07) is 10.3. The van der Waals surface area contributed by atoms with E-state index in [0.29, 0.717) is 63.9 Å². The number of carbonyl (C=O) groups excluding carboxylic acids is 1. The maximum Gasteiger partial charge on any atom is 0.254 e. The number of fused-ring (bicyclic) bond motifs is 1. The minimum Gasteiger partial charge on any atom is -0.381 e. The summed E-state index contributed by atoms with van der Waals surface area (Å²) in [5.41, 5.74) is 9.46. The molecule has 0 spiro atoms. The Morgan fingerprint density at radius 1 is 0.878 bits per heavy atom. The van der Waals surface area contributed by atoms with Gasteiger partial charge >= 0.3 is 0 Å². The standard InChI is InChI=1S/C29H33N9O3/c1-29(2,40)27(39)38-8-6-36(7-9-38)22-5-3-4-19(14-22)20-15-23-24(31-16-20)26(37-10-12-41-13-11-37)35-25(34-23)21-17-32-28(30)33-18-21/h3-5,14-18,40H,6-13H2,1-2H3,(H2,30,32,33). The van der Waals surface area contributed by atoms with Gasteiger partial charge in [0.05, 0.1) is 24.3 Å². The second-order valence-electron chi connectivity index (χ2n) is 10.8. The summed E-state index contributed by atoms with van der Waals surface area (Å²) in [7, 11) is 0. The van der Waals surface area contributed by atoms with E-state index in [1.165, 1.54) is 13.8 Å². The van der Waals surface area contributed by atoms with Crippen LogP contribution in [0.25, 0.3) is 33.5 Å². The molecule has 0 saturated carbocycles. The van der Waals surface area contributed by atoms with E-state index in [0.717, 1.165) is 33.7 Å². The van der Waals surface area contributed by atoms with Crippen LogP contribution < -0.4 is 15.5 Å². The number of aliphatic hydroxyl groups is 1. The minimum absolute atomic E-state index is 0.192. The summed E-state index contributed by atoms with van der Waals surface area (Å²) in [6.07, 6.45) is 5.12. The van der Waals surface area contributed by atoms with Crippen molar-refractivity contribution in [1.29, 1.82) is 0 Å². The number of morpholine rings is 1. The number of aromatic nitrogens is 5. The predicted octanol–water partition coefficient (Wildman–Crippen LogP) is 1.99. The van der Waals surface area contributed by atoms with Gasteiger partial charge in [0, 0.05) is 69.1 Å². The van der Waals surface area contributed by atoms with Crippen molar-refractivity contribution in [3.05, 3.63) is 48.9 Å². The van der Waals surface area contributed by atoms with Crippen molar-refractivity contribution < 1.29 is 14.6 Å². The number of pyridine rings is 1. The zero-order valence-electron chi connectivity index (χ0n) is 23.2. The largest absolute Gasteiger partial charge is 0.381 e. The van der Waals surface area contributed by atoms with Crippen molar-refractivity contribution in [2.75, 3.05) is 68.0 Å². The SMILES string of the molecule is CC(C)(O)C(=O)N1CCN(c2cccc(-c3cnc4c(N5CCOCC5)nc(-c5cnc(N)nc5)nc4c3)c2)CC1. The van der Waals surface area contributed by atoms with Crippen molar-refractivity contribution in [3.8, 4) is 22.5 Å². The van der Waals surface area contributed by atoms with Crippen LogP contribution in [0.5, 0.6) is 0 Å². The number of nitrogens with zero attached hydrogens (tertiary/aromatic N) is 8. The van der Waals surface area contributed by atoms with Gasteiger partial charge in [0.25, 0.3) is 5.91 Å². The Morgan fingerprint density at radius 3 is 2.29 bits per heavy atom. The normalized spacial score (nSPS) is 16.3. The van der Waals surface area contributed by atoms with E-state index in [2.05, 4.69) is 38.0 Å². The van der Waals surface area contributed by atoms with Gasteiger partial charge in [-0.1, -0.05) is 12.1 Å². The van der Waals surface area contributed by atoms with Gasteiger partial charge in [0.1, 0.15) is 11.1 Å². The second kappa shape index (κ2) is 10.9. The quantitative estimate of drug-likeness (QED) is 0.373. The molecule has 3 N–H and O–H groups in total. The van der Waals surface area contributed by atoms with Gasteiger partial charge in [-0.25, -0.2) is 19.9 Å². The van der Waals surface area contributed by atoms with Crippen LogP contribution in [0.4, 0.5) is 17.5 Å². The topological polar surface area (TPSA) is 147 Å². The molecule has 1 amide bonds. The molecule has 0 atom stereocenters. The molecule has 4 aromatic rings. The molecule has 6 rings (SSSR count). The molecule has 5 heterocycles. The van der Waals surface area contributed by atoms with E-state index in [9.17, 15) is 9.90 Å². The third-order valence-electron chi connectivity index (χ3n) is 7.39. The molecule has 2 aliphatic rings. The fourth-order valence-corrected chi connectivity index (χ4v) is 5.18. The number of piperazine rings is 1. The van der Waals surface area contributed by atoms with E-state index in [4.69, 9.17) is 25.4 Å². The van der Waals surface area contributed by atoms with E-state index < -0.39 is 5.60 Å². The Kier molecular flexibility index (Phi) is 7.10. The lowest BCUT2D eigenvalue weighted by atomic mass is 10.0. The number of nitrogens with two attached hydrogens (primary N) is 1. The highest BCUT2D eigenvalue weighted by atomic mass is 16.5. The molecule has 0 bridgehead atoms. The Labute approximate surface area is 237 Å². The number of hydrogen-bond acceptors (Lipinski definition) is 11. The van der Waals surface area contributed by atoms with E-state index in [1.54, 1.807) is 17.3 Å². The van der Waals surface area contributed by atoms with Crippen LogP contribution >= 0.6 is 0 Å². The summed E-state index contributed by atoms with van der Waals surface area (Å²) in [5.74, 6) is 1.21.